The average molecular weight is 142 g/mol. The van der Waals surface area contributed by atoms with Gasteiger partial charge in [-0.3, -0.25) is 0 Å². The highest BCUT2D eigenvalue weighted by molar-refractivity contribution is 4.79. The number of hydrogen-bond donors (Lipinski definition) is 2. The largest absolute Gasteiger partial charge is 0.330 e. The summed E-state index contributed by atoms with van der Waals surface area (Å²) in [6.45, 7) is 0.853. The quantitative estimate of drug-likeness (QED) is 0.596. The van der Waals surface area contributed by atoms with Gasteiger partial charge in [-0.05, 0) is 32.4 Å². The summed E-state index contributed by atoms with van der Waals surface area (Å²) in [5.74, 6) is 0.735. The fourth-order valence-electron chi connectivity index (χ4n) is 1.87. The van der Waals surface area contributed by atoms with Crippen LogP contribution in [-0.2, 0) is 0 Å². The molecule has 0 aromatic heterocycles. The molecule has 1 aliphatic rings. The molecule has 1 fully saturated rings. The van der Waals surface area contributed by atoms with Crippen molar-refractivity contribution in [3.8, 4) is 0 Å². The van der Waals surface area contributed by atoms with Crippen LogP contribution in [-0.4, -0.2) is 19.6 Å². The molecule has 0 bridgehead atoms. The standard InChI is InChI=1S/C8H18N2/c1-10-8-5-3-2-4-7(8)6-9/h7-8,10H,2-6,9H2,1H3/t7-,8-/m1/s1. The Kier molecular flexibility index (Phi) is 3.16. The van der Waals surface area contributed by atoms with Gasteiger partial charge in [0.05, 0.1) is 0 Å². The van der Waals surface area contributed by atoms with Gasteiger partial charge in [0.1, 0.15) is 0 Å². The van der Waals surface area contributed by atoms with E-state index in [0.29, 0.717) is 6.04 Å². The minimum atomic E-state index is 0.693. The Morgan fingerprint density at radius 2 is 2.10 bits per heavy atom. The van der Waals surface area contributed by atoms with E-state index >= 15 is 0 Å². The van der Waals surface area contributed by atoms with Crippen LogP contribution < -0.4 is 11.1 Å². The maximum Gasteiger partial charge on any atom is 0.0104 e. The van der Waals surface area contributed by atoms with Crippen LogP contribution in [0, 0.1) is 5.92 Å². The maximum absolute atomic E-state index is 5.63. The lowest BCUT2D eigenvalue weighted by Crippen LogP contribution is -2.39. The summed E-state index contributed by atoms with van der Waals surface area (Å²) < 4.78 is 0. The Balaban J connectivity index is 2.34. The summed E-state index contributed by atoms with van der Waals surface area (Å²) >= 11 is 0. The first-order chi connectivity index (χ1) is 4.88. The highest BCUT2D eigenvalue weighted by Crippen LogP contribution is 2.22. The SMILES string of the molecule is CN[C@@H]1CCCC[C@@H]1CN. The summed E-state index contributed by atoms with van der Waals surface area (Å²) in [4.78, 5) is 0. The normalized spacial score (nSPS) is 34.2. The molecule has 0 heterocycles. The second-order valence-electron chi connectivity index (χ2n) is 3.18. The molecule has 2 atom stereocenters. The third kappa shape index (κ3) is 1.70. The van der Waals surface area contributed by atoms with Crippen LogP contribution in [0.2, 0.25) is 0 Å². The molecule has 0 amide bonds. The second-order valence-corrected chi connectivity index (χ2v) is 3.18. The molecule has 0 saturated heterocycles. The van der Waals surface area contributed by atoms with Crippen LogP contribution in [0.5, 0.6) is 0 Å². The number of rotatable bonds is 2. The summed E-state index contributed by atoms with van der Waals surface area (Å²) in [5.41, 5.74) is 5.63. The van der Waals surface area contributed by atoms with E-state index in [1.54, 1.807) is 0 Å². The third-order valence-electron chi connectivity index (χ3n) is 2.58. The molecular formula is C8H18N2. The first-order valence-corrected chi connectivity index (χ1v) is 4.26. The van der Waals surface area contributed by atoms with Gasteiger partial charge in [-0.2, -0.15) is 0 Å². The Morgan fingerprint density at radius 3 is 2.60 bits per heavy atom. The molecule has 2 heteroatoms. The summed E-state index contributed by atoms with van der Waals surface area (Å²) in [6.07, 6.45) is 5.39. The molecule has 0 spiro atoms. The van der Waals surface area contributed by atoms with Crippen molar-refractivity contribution in [2.24, 2.45) is 11.7 Å². The van der Waals surface area contributed by atoms with Gasteiger partial charge < -0.3 is 11.1 Å². The molecule has 0 aromatic rings. The van der Waals surface area contributed by atoms with Crippen molar-refractivity contribution in [1.82, 2.24) is 5.32 Å². The van der Waals surface area contributed by atoms with E-state index in [1.807, 2.05) is 7.05 Å². The number of nitrogens with two attached hydrogens (primary N) is 1. The van der Waals surface area contributed by atoms with Crippen LogP contribution in [0.15, 0.2) is 0 Å². The topological polar surface area (TPSA) is 38.0 Å². The minimum Gasteiger partial charge on any atom is -0.330 e. The number of nitrogens with one attached hydrogen (secondary N) is 1. The summed E-state index contributed by atoms with van der Waals surface area (Å²) in [7, 11) is 2.04. The van der Waals surface area contributed by atoms with Gasteiger partial charge in [0.2, 0.25) is 0 Å². The molecule has 1 saturated carbocycles. The van der Waals surface area contributed by atoms with E-state index in [0.717, 1.165) is 12.5 Å². The Hall–Kier alpha value is -0.0800. The molecule has 10 heavy (non-hydrogen) atoms. The molecule has 0 radical (unpaired) electrons. The van der Waals surface area contributed by atoms with Crippen molar-refractivity contribution < 1.29 is 0 Å². The first-order valence-electron chi connectivity index (χ1n) is 4.26. The summed E-state index contributed by atoms with van der Waals surface area (Å²) in [5, 5.41) is 3.32. The van der Waals surface area contributed by atoms with Gasteiger partial charge in [0.25, 0.3) is 0 Å². The lowest BCUT2D eigenvalue weighted by atomic mass is 9.85. The minimum absolute atomic E-state index is 0.693. The van der Waals surface area contributed by atoms with Crippen molar-refractivity contribution in [2.75, 3.05) is 13.6 Å². The van der Waals surface area contributed by atoms with Gasteiger partial charge in [-0.25, -0.2) is 0 Å². The fourth-order valence-corrected chi connectivity index (χ4v) is 1.87. The highest BCUT2D eigenvalue weighted by atomic mass is 14.9. The molecule has 3 N–H and O–H groups in total. The Morgan fingerprint density at radius 1 is 1.40 bits per heavy atom. The van der Waals surface area contributed by atoms with Crippen LogP contribution in [0.4, 0.5) is 0 Å². The van der Waals surface area contributed by atoms with Crippen molar-refractivity contribution in [3.63, 3.8) is 0 Å². The molecule has 1 aliphatic carbocycles. The van der Waals surface area contributed by atoms with Crippen LogP contribution in [0.25, 0.3) is 0 Å². The zero-order valence-corrected chi connectivity index (χ0v) is 6.77. The van der Waals surface area contributed by atoms with E-state index in [4.69, 9.17) is 5.73 Å². The molecule has 0 unspecified atom stereocenters. The fraction of sp³-hybridized carbons (Fsp3) is 1.00. The predicted molar refractivity (Wildman–Crippen MR) is 43.9 cm³/mol. The van der Waals surface area contributed by atoms with Crippen molar-refractivity contribution in [2.45, 2.75) is 31.7 Å². The maximum atomic E-state index is 5.63. The van der Waals surface area contributed by atoms with E-state index in [1.165, 1.54) is 25.7 Å². The van der Waals surface area contributed by atoms with E-state index in [-0.39, 0.29) is 0 Å². The molecule has 0 aromatic carbocycles. The van der Waals surface area contributed by atoms with Gasteiger partial charge in [0.15, 0.2) is 0 Å². The first kappa shape index (κ1) is 8.02. The van der Waals surface area contributed by atoms with Crippen LogP contribution in [0.3, 0.4) is 0 Å². The van der Waals surface area contributed by atoms with E-state index in [2.05, 4.69) is 5.32 Å². The monoisotopic (exact) mass is 142 g/mol. The van der Waals surface area contributed by atoms with Crippen molar-refractivity contribution in [3.05, 3.63) is 0 Å². The van der Waals surface area contributed by atoms with Gasteiger partial charge in [-0.15, -0.1) is 0 Å². The lowest BCUT2D eigenvalue weighted by molar-refractivity contribution is 0.281. The number of hydrogen-bond acceptors (Lipinski definition) is 2. The Bertz CT molecular complexity index is 81.3. The molecule has 0 aliphatic heterocycles. The lowest BCUT2D eigenvalue weighted by Gasteiger charge is -2.30. The van der Waals surface area contributed by atoms with Gasteiger partial charge >= 0.3 is 0 Å². The second kappa shape index (κ2) is 3.94. The average Bonchev–Trinajstić information content (AvgIpc) is 2.04. The highest BCUT2D eigenvalue weighted by Gasteiger charge is 2.21. The van der Waals surface area contributed by atoms with Crippen LogP contribution >= 0.6 is 0 Å². The van der Waals surface area contributed by atoms with Crippen molar-refractivity contribution in [1.29, 1.82) is 0 Å². The van der Waals surface area contributed by atoms with Crippen LogP contribution in [0.1, 0.15) is 25.7 Å². The van der Waals surface area contributed by atoms with Crippen molar-refractivity contribution >= 4 is 0 Å². The predicted octanol–water partition coefficient (Wildman–Crippen LogP) is 0.723. The zero-order chi connectivity index (χ0) is 7.40. The molecule has 1 rings (SSSR count). The molecule has 60 valence electrons. The van der Waals surface area contributed by atoms with E-state index in [9.17, 15) is 0 Å². The van der Waals surface area contributed by atoms with Gasteiger partial charge in [0, 0.05) is 6.04 Å². The Labute approximate surface area is 63.2 Å². The van der Waals surface area contributed by atoms with Gasteiger partial charge in [-0.1, -0.05) is 12.8 Å². The zero-order valence-electron chi connectivity index (χ0n) is 6.77. The smallest absolute Gasteiger partial charge is 0.0104 e. The molecule has 2 nitrogen and oxygen atoms in total. The molecular weight excluding hydrogens is 124 g/mol. The van der Waals surface area contributed by atoms with E-state index < -0.39 is 0 Å². The third-order valence-corrected chi connectivity index (χ3v) is 2.58. The summed E-state index contributed by atoms with van der Waals surface area (Å²) in [6, 6.07) is 0.693.